The molecule has 3 aromatic carbocycles. The lowest BCUT2D eigenvalue weighted by Gasteiger charge is -2.23. The summed E-state index contributed by atoms with van der Waals surface area (Å²) >= 11 is 0. The molecule has 0 aliphatic rings. The molecule has 0 aliphatic heterocycles. The van der Waals surface area contributed by atoms with E-state index in [9.17, 15) is 4.79 Å². The van der Waals surface area contributed by atoms with Gasteiger partial charge in [-0.2, -0.15) is 0 Å². The van der Waals surface area contributed by atoms with Crippen molar-refractivity contribution >= 4 is 5.97 Å². The molecule has 0 unspecified atom stereocenters. The number of aliphatic carboxylic acids is 1. The Morgan fingerprint density at radius 1 is 0.742 bits per heavy atom. The fraction of sp³-hybridized carbons (Fsp3) is 0.296. The van der Waals surface area contributed by atoms with Crippen molar-refractivity contribution in [1.29, 1.82) is 0 Å². The third-order valence-corrected chi connectivity index (χ3v) is 5.58. The van der Waals surface area contributed by atoms with Gasteiger partial charge in [0.05, 0.1) is 0 Å². The zero-order valence-electron chi connectivity index (χ0n) is 18.5. The summed E-state index contributed by atoms with van der Waals surface area (Å²) in [5.41, 5.74) is 6.35. The van der Waals surface area contributed by atoms with Gasteiger partial charge >= 0.3 is 5.97 Å². The Morgan fingerprint density at radius 3 is 1.74 bits per heavy atom. The van der Waals surface area contributed by atoms with Crippen LogP contribution in [0.5, 0.6) is 11.5 Å². The van der Waals surface area contributed by atoms with Crippen molar-refractivity contribution in [2.75, 3.05) is 0 Å². The Morgan fingerprint density at radius 2 is 1.23 bits per heavy atom. The first-order valence-electron chi connectivity index (χ1n) is 10.6. The zero-order chi connectivity index (χ0) is 22.2. The van der Waals surface area contributed by atoms with Crippen LogP contribution in [0.4, 0.5) is 0 Å². The van der Waals surface area contributed by atoms with E-state index >= 15 is 0 Å². The second-order valence-electron chi connectivity index (χ2n) is 7.81. The lowest BCUT2D eigenvalue weighted by atomic mass is 9.94. The molecule has 1 N–H and O–H groups in total. The number of ether oxygens (including phenoxy) is 2. The van der Waals surface area contributed by atoms with Crippen molar-refractivity contribution in [3.8, 4) is 11.5 Å². The predicted molar refractivity (Wildman–Crippen MR) is 123 cm³/mol. The number of hydrogen-bond acceptors (Lipinski definition) is 3. The summed E-state index contributed by atoms with van der Waals surface area (Å²) in [6.07, 6.45) is 1.31. The van der Waals surface area contributed by atoms with E-state index in [0.717, 1.165) is 44.9 Å². The van der Waals surface area contributed by atoms with Crippen molar-refractivity contribution in [1.82, 2.24) is 0 Å². The van der Waals surface area contributed by atoms with Crippen LogP contribution < -0.4 is 9.47 Å². The maximum atomic E-state index is 11.1. The average Bonchev–Trinajstić information content (AvgIpc) is 2.78. The van der Waals surface area contributed by atoms with E-state index in [-0.39, 0.29) is 6.42 Å². The monoisotopic (exact) mass is 418 g/mol. The molecule has 0 saturated heterocycles. The molecule has 3 aromatic rings. The average molecular weight is 419 g/mol. The Bertz CT molecular complexity index is 1010. The van der Waals surface area contributed by atoms with Crippen LogP contribution in [0.25, 0.3) is 0 Å². The Hall–Kier alpha value is -3.27. The van der Waals surface area contributed by atoms with Crippen molar-refractivity contribution in [2.24, 2.45) is 0 Å². The molecule has 0 aliphatic carbocycles. The highest BCUT2D eigenvalue weighted by molar-refractivity contribution is 5.66. The molecule has 0 fully saturated rings. The minimum Gasteiger partial charge on any atom is -0.488 e. The standard InChI is InChI=1S/C27H30O4/c1-19-20(2)27(31-18-23-13-8-5-9-14-23)24(15-10-16-25(28)29)21(3)26(19)30-17-22-11-6-4-7-12-22/h4-9,11-14H,10,15-18H2,1-3H3,(H,28,29). The first-order chi connectivity index (χ1) is 15.0. The lowest BCUT2D eigenvalue weighted by molar-refractivity contribution is -0.137. The van der Waals surface area contributed by atoms with Crippen LogP contribution in [0.2, 0.25) is 0 Å². The van der Waals surface area contributed by atoms with E-state index in [1.807, 2.05) is 74.5 Å². The van der Waals surface area contributed by atoms with Crippen LogP contribution in [0.15, 0.2) is 60.7 Å². The van der Waals surface area contributed by atoms with Crippen molar-refractivity contribution in [3.63, 3.8) is 0 Å². The molecule has 0 atom stereocenters. The summed E-state index contributed by atoms with van der Waals surface area (Å²) in [7, 11) is 0. The van der Waals surface area contributed by atoms with Gasteiger partial charge in [-0.1, -0.05) is 60.7 Å². The van der Waals surface area contributed by atoms with Crippen molar-refractivity contribution < 1.29 is 19.4 Å². The van der Waals surface area contributed by atoms with Crippen molar-refractivity contribution in [3.05, 3.63) is 94.0 Å². The first-order valence-corrected chi connectivity index (χ1v) is 10.6. The Kier molecular flexibility index (Phi) is 7.71. The maximum Gasteiger partial charge on any atom is 0.303 e. The maximum absolute atomic E-state index is 11.1. The summed E-state index contributed by atoms with van der Waals surface area (Å²) < 4.78 is 12.5. The van der Waals surface area contributed by atoms with Gasteiger partial charge < -0.3 is 14.6 Å². The number of benzene rings is 3. The molecule has 0 amide bonds. The summed E-state index contributed by atoms with van der Waals surface area (Å²) in [4.78, 5) is 11.1. The summed E-state index contributed by atoms with van der Waals surface area (Å²) in [5, 5.41) is 9.09. The van der Waals surface area contributed by atoms with Crippen LogP contribution in [-0.4, -0.2) is 11.1 Å². The minimum atomic E-state index is -0.784. The number of carboxylic acid groups (broad SMARTS) is 1. The highest BCUT2D eigenvalue weighted by Gasteiger charge is 2.20. The van der Waals surface area contributed by atoms with Gasteiger partial charge in [0.15, 0.2) is 0 Å². The normalized spacial score (nSPS) is 10.7. The van der Waals surface area contributed by atoms with Crippen LogP contribution in [0.1, 0.15) is 46.2 Å². The quantitative estimate of drug-likeness (QED) is 0.427. The van der Waals surface area contributed by atoms with E-state index in [1.165, 1.54) is 0 Å². The van der Waals surface area contributed by atoms with Gasteiger partial charge in [0.1, 0.15) is 24.7 Å². The summed E-state index contributed by atoms with van der Waals surface area (Å²) in [5.74, 6) is 0.920. The SMILES string of the molecule is Cc1c(C)c(OCc2ccccc2)c(CCCC(=O)O)c(C)c1OCc1ccccc1. The molecular formula is C27H30O4. The van der Waals surface area contributed by atoms with Gasteiger partial charge in [0, 0.05) is 12.0 Å². The third kappa shape index (κ3) is 5.88. The zero-order valence-corrected chi connectivity index (χ0v) is 18.5. The molecule has 162 valence electrons. The Balaban J connectivity index is 1.91. The number of hydrogen-bond donors (Lipinski definition) is 1. The largest absolute Gasteiger partial charge is 0.488 e. The van der Waals surface area contributed by atoms with Crippen LogP contribution in [-0.2, 0) is 24.4 Å². The van der Waals surface area contributed by atoms with E-state index in [0.29, 0.717) is 26.1 Å². The summed E-state index contributed by atoms with van der Waals surface area (Å²) in [6, 6.07) is 20.1. The Labute approximate surface area is 184 Å². The molecule has 4 heteroatoms. The number of carbonyl (C=O) groups is 1. The number of carboxylic acids is 1. The summed E-state index contributed by atoms with van der Waals surface area (Å²) in [6.45, 7) is 7.10. The second-order valence-corrected chi connectivity index (χ2v) is 7.81. The smallest absolute Gasteiger partial charge is 0.303 e. The molecule has 0 radical (unpaired) electrons. The molecule has 0 bridgehead atoms. The molecule has 0 aromatic heterocycles. The van der Waals surface area contributed by atoms with E-state index in [2.05, 4.69) is 6.92 Å². The second kappa shape index (κ2) is 10.7. The van der Waals surface area contributed by atoms with Gasteiger partial charge in [-0.05, 0) is 61.4 Å². The lowest BCUT2D eigenvalue weighted by Crippen LogP contribution is -2.08. The predicted octanol–water partition coefficient (Wildman–Crippen LogP) is 6.18. The van der Waals surface area contributed by atoms with Gasteiger partial charge in [-0.3, -0.25) is 4.79 Å². The van der Waals surface area contributed by atoms with Crippen LogP contribution >= 0.6 is 0 Å². The van der Waals surface area contributed by atoms with E-state index in [1.54, 1.807) is 0 Å². The van der Waals surface area contributed by atoms with Gasteiger partial charge in [0.2, 0.25) is 0 Å². The first kappa shape index (κ1) is 22.4. The number of rotatable bonds is 10. The van der Waals surface area contributed by atoms with Gasteiger partial charge in [-0.15, -0.1) is 0 Å². The topological polar surface area (TPSA) is 55.8 Å². The molecule has 4 nitrogen and oxygen atoms in total. The molecular weight excluding hydrogens is 388 g/mol. The van der Waals surface area contributed by atoms with Crippen LogP contribution in [0, 0.1) is 20.8 Å². The van der Waals surface area contributed by atoms with Gasteiger partial charge in [0.25, 0.3) is 0 Å². The van der Waals surface area contributed by atoms with Crippen LogP contribution in [0.3, 0.4) is 0 Å². The van der Waals surface area contributed by atoms with E-state index < -0.39 is 5.97 Å². The van der Waals surface area contributed by atoms with Crippen molar-refractivity contribution in [2.45, 2.75) is 53.2 Å². The highest BCUT2D eigenvalue weighted by Crippen LogP contribution is 2.39. The molecule has 0 saturated carbocycles. The fourth-order valence-corrected chi connectivity index (χ4v) is 3.74. The molecule has 0 heterocycles. The van der Waals surface area contributed by atoms with Gasteiger partial charge in [-0.25, -0.2) is 0 Å². The minimum absolute atomic E-state index is 0.130. The molecule has 0 spiro atoms. The van der Waals surface area contributed by atoms with E-state index in [4.69, 9.17) is 14.6 Å². The highest BCUT2D eigenvalue weighted by atomic mass is 16.5. The molecule has 3 rings (SSSR count). The molecule has 31 heavy (non-hydrogen) atoms. The third-order valence-electron chi connectivity index (χ3n) is 5.58. The fourth-order valence-electron chi connectivity index (χ4n) is 3.74.